The Balaban J connectivity index is 1.55. The number of hydrogen-bond acceptors (Lipinski definition) is 8. The summed E-state index contributed by atoms with van der Waals surface area (Å²) in [4.78, 5) is 2.23. The quantitative estimate of drug-likeness (QED) is 0.416. The minimum absolute atomic E-state index is 0.0398. The summed E-state index contributed by atoms with van der Waals surface area (Å²) in [5.74, 6) is -0.922. The van der Waals surface area contributed by atoms with Gasteiger partial charge in [0.25, 0.3) is 0 Å². The van der Waals surface area contributed by atoms with Crippen LogP contribution in [-0.2, 0) is 14.2 Å². The smallest absolute Gasteiger partial charge is 0.136 e. The summed E-state index contributed by atoms with van der Waals surface area (Å²) in [6.07, 6.45) is -0.983. The van der Waals surface area contributed by atoms with Crippen molar-refractivity contribution >= 4 is 0 Å². The number of ether oxygens (including phenoxy) is 3. The molecule has 7 bridgehead atoms. The Morgan fingerprint density at radius 3 is 2.57 bits per heavy atom. The average molecular weight is 424 g/mol. The van der Waals surface area contributed by atoms with Crippen LogP contribution in [0.5, 0.6) is 0 Å². The maximum absolute atomic E-state index is 12.6. The molecule has 5 saturated carbocycles. The first-order valence-electron chi connectivity index (χ1n) is 11.6. The highest BCUT2D eigenvalue weighted by Crippen LogP contribution is 2.81. The standard InChI is InChI=1S/C22H33NO7/c1-4-23-8-19-13(30-19)6-12(24)21-10-5-9-11(28-2)7-20(26,14(10)15(9)25)22(27,18(21)23)17(29-3)16(19)21/h9-18,24-27H,4-8H2,1-3H3/t9-,10-,11+,12+,13+,14-,15+,16-,17+,18?,19+,20-,21+,22-/m1/s1. The maximum atomic E-state index is 12.6. The number of epoxide rings is 1. The van der Waals surface area contributed by atoms with Gasteiger partial charge < -0.3 is 34.6 Å². The predicted octanol–water partition coefficient (Wildman–Crippen LogP) is -1.27. The summed E-state index contributed by atoms with van der Waals surface area (Å²) < 4.78 is 18.1. The molecule has 8 nitrogen and oxygen atoms in total. The molecule has 0 radical (unpaired) electrons. The van der Waals surface area contributed by atoms with E-state index in [9.17, 15) is 20.4 Å². The molecule has 0 aromatic heterocycles. The Hall–Kier alpha value is -0.320. The molecule has 168 valence electrons. The lowest BCUT2D eigenvalue weighted by Crippen LogP contribution is -2.81. The molecule has 2 aliphatic heterocycles. The molecule has 2 heterocycles. The summed E-state index contributed by atoms with van der Waals surface area (Å²) in [5, 5.41) is 48.0. The number of hydrogen-bond donors (Lipinski definition) is 4. The molecule has 7 fully saturated rings. The van der Waals surface area contributed by atoms with Gasteiger partial charge in [-0.3, -0.25) is 4.90 Å². The third-order valence-electron chi connectivity index (χ3n) is 11.0. The fraction of sp³-hybridized carbons (Fsp3) is 1.00. The Morgan fingerprint density at radius 1 is 1.13 bits per heavy atom. The minimum atomic E-state index is -1.62. The number of fused-ring (bicyclic) bond motifs is 2. The number of likely N-dealkylation sites (tertiary alicyclic amines) is 1. The molecule has 2 spiro atoms. The summed E-state index contributed by atoms with van der Waals surface area (Å²) in [7, 11) is 3.21. The monoisotopic (exact) mass is 423 g/mol. The van der Waals surface area contributed by atoms with Crippen molar-refractivity contribution in [3.05, 3.63) is 0 Å². The van der Waals surface area contributed by atoms with E-state index in [-0.39, 0.29) is 36.4 Å². The van der Waals surface area contributed by atoms with E-state index >= 15 is 0 Å². The molecule has 7 aliphatic rings. The fourth-order valence-electron chi connectivity index (χ4n) is 10.3. The molecular weight excluding hydrogens is 390 g/mol. The van der Waals surface area contributed by atoms with Crippen molar-refractivity contribution in [3.63, 3.8) is 0 Å². The van der Waals surface area contributed by atoms with Crippen LogP contribution >= 0.6 is 0 Å². The van der Waals surface area contributed by atoms with Crippen molar-refractivity contribution in [2.45, 2.75) is 79.6 Å². The summed E-state index contributed by atoms with van der Waals surface area (Å²) in [5.41, 5.74) is -4.30. The van der Waals surface area contributed by atoms with Crippen LogP contribution in [-0.4, -0.2) is 106 Å². The van der Waals surface area contributed by atoms with Crippen molar-refractivity contribution in [3.8, 4) is 0 Å². The molecule has 5 aliphatic carbocycles. The van der Waals surface area contributed by atoms with Gasteiger partial charge in [0.1, 0.15) is 16.8 Å². The first-order chi connectivity index (χ1) is 14.3. The third-order valence-corrected chi connectivity index (χ3v) is 11.0. The van der Waals surface area contributed by atoms with Crippen LogP contribution in [0.4, 0.5) is 0 Å². The second kappa shape index (κ2) is 5.25. The van der Waals surface area contributed by atoms with Crippen LogP contribution in [0.15, 0.2) is 0 Å². The van der Waals surface area contributed by atoms with Crippen LogP contribution in [0.25, 0.3) is 0 Å². The molecular formula is C22H33NO7. The van der Waals surface area contributed by atoms with Gasteiger partial charge >= 0.3 is 0 Å². The number of rotatable bonds is 3. The van der Waals surface area contributed by atoms with Gasteiger partial charge in [-0.05, 0) is 18.9 Å². The highest BCUT2D eigenvalue weighted by atomic mass is 16.6. The van der Waals surface area contributed by atoms with Gasteiger partial charge in [0, 0.05) is 56.8 Å². The van der Waals surface area contributed by atoms with E-state index in [1.807, 2.05) is 0 Å². The van der Waals surface area contributed by atoms with E-state index in [0.29, 0.717) is 25.9 Å². The van der Waals surface area contributed by atoms with Crippen molar-refractivity contribution in [2.24, 2.45) is 29.1 Å². The Bertz CT molecular complexity index is 812. The number of methoxy groups -OCH3 is 2. The topological polar surface area (TPSA) is 115 Å². The van der Waals surface area contributed by atoms with Gasteiger partial charge in [-0.1, -0.05) is 6.92 Å². The number of aliphatic hydroxyl groups is 4. The molecule has 30 heavy (non-hydrogen) atoms. The number of likely N-dealkylation sites (N-methyl/N-ethyl adjacent to an activating group) is 1. The lowest BCUT2D eigenvalue weighted by Gasteiger charge is -2.67. The normalized spacial score (nSPS) is 69.3. The molecule has 4 N–H and O–H groups in total. The molecule has 2 saturated heterocycles. The summed E-state index contributed by atoms with van der Waals surface area (Å²) in [6.45, 7) is 3.44. The van der Waals surface area contributed by atoms with Crippen LogP contribution in [0.2, 0.25) is 0 Å². The molecule has 0 aromatic rings. The molecule has 7 rings (SSSR count). The largest absolute Gasteiger partial charge is 0.392 e. The Kier molecular flexibility index (Phi) is 3.36. The third kappa shape index (κ3) is 1.52. The van der Waals surface area contributed by atoms with E-state index in [1.165, 1.54) is 0 Å². The average Bonchev–Trinajstić information content (AvgIpc) is 3.25. The number of nitrogens with zero attached hydrogens (tertiary/aromatic N) is 1. The minimum Gasteiger partial charge on any atom is -0.392 e. The van der Waals surface area contributed by atoms with E-state index in [0.717, 1.165) is 0 Å². The van der Waals surface area contributed by atoms with Gasteiger partial charge in [0.15, 0.2) is 0 Å². The molecule has 14 atom stereocenters. The summed E-state index contributed by atoms with van der Waals surface area (Å²) in [6, 6.07) is -0.441. The summed E-state index contributed by atoms with van der Waals surface area (Å²) >= 11 is 0. The van der Waals surface area contributed by atoms with Gasteiger partial charge in [0.05, 0.1) is 36.6 Å². The molecule has 8 heteroatoms. The van der Waals surface area contributed by atoms with Gasteiger partial charge in [-0.2, -0.15) is 0 Å². The highest BCUT2D eigenvalue weighted by molar-refractivity contribution is 5.44. The first kappa shape index (κ1) is 19.2. The van der Waals surface area contributed by atoms with Crippen LogP contribution in [0, 0.1) is 29.1 Å². The van der Waals surface area contributed by atoms with Gasteiger partial charge in [0.2, 0.25) is 0 Å². The zero-order valence-corrected chi connectivity index (χ0v) is 17.8. The van der Waals surface area contributed by atoms with Gasteiger partial charge in [-0.15, -0.1) is 0 Å². The van der Waals surface area contributed by atoms with Crippen LogP contribution in [0.1, 0.15) is 26.2 Å². The zero-order chi connectivity index (χ0) is 21.0. The highest BCUT2D eigenvalue weighted by Gasteiger charge is 2.94. The van der Waals surface area contributed by atoms with Crippen molar-refractivity contribution in [2.75, 3.05) is 27.3 Å². The van der Waals surface area contributed by atoms with Gasteiger partial charge in [-0.25, -0.2) is 0 Å². The van der Waals surface area contributed by atoms with E-state index < -0.39 is 52.5 Å². The van der Waals surface area contributed by atoms with Crippen LogP contribution in [0.3, 0.4) is 0 Å². The van der Waals surface area contributed by atoms with E-state index in [1.54, 1.807) is 14.2 Å². The molecule has 0 amide bonds. The molecule has 1 unspecified atom stereocenters. The lowest BCUT2D eigenvalue weighted by atomic mass is 9.45. The van der Waals surface area contributed by atoms with Crippen LogP contribution < -0.4 is 0 Å². The number of piperidine rings is 1. The second-order valence-electron chi connectivity index (χ2n) is 11.2. The molecule has 0 aromatic carbocycles. The fourth-order valence-corrected chi connectivity index (χ4v) is 10.3. The second-order valence-corrected chi connectivity index (χ2v) is 11.2. The predicted molar refractivity (Wildman–Crippen MR) is 102 cm³/mol. The van der Waals surface area contributed by atoms with E-state index in [4.69, 9.17) is 14.2 Å². The Labute approximate surface area is 176 Å². The van der Waals surface area contributed by atoms with Crippen molar-refractivity contribution in [1.82, 2.24) is 4.90 Å². The zero-order valence-electron chi connectivity index (χ0n) is 17.8. The SMILES string of the molecule is CCN1C[C@]23O[C@H]2C[C@H](O)[C@]24C1[C@](O)([C@@H](OC)[C@H]32)[C@@]1(O)C[C@H](OC)[C@H]2C[C@@H]4[C@@H]1[C@H]2O. The lowest BCUT2D eigenvalue weighted by molar-refractivity contribution is -0.311. The Morgan fingerprint density at radius 2 is 1.90 bits per heavy atom. The van der Waals surface area contributed by atoms with Crippen molar-refractivity contribution in [1.29, 1.82) is 0 Å². The first-order valence-corrected chi connectivity index (χ1v) is 11.6. The maximum Gasteiger partial charge on any atom is 0.136 e. The van der Waals surface area contributed by atoms with Crippen molar-refractivity contribution < 1.29 is 34.6 Å². The van der Waals surface area contributed by atoms with E-state index in [2.05, 4.69) is 11.8 Å². The number of aliphatic hydroxyl groups excluding tert-OH is 2.